The molecule has 0 aliphatic carbocycles. The van der Waals surface area contributed by atoms with Crippen LogP contribution in [0.25, 0.3) is 0 Å². The van der Waals surface area contributed by atoms with Gasteiger partial charge in [-0.05, 0) is 52.8 Å². The van der Waals surface area contributed by atoms with Crippen molar-refractivity contribution in [2.24, 2.45) is 0 Å². The van der Waals surface area contributed by atoms with Gasteiger partial charge in [0.15, 0.2) is 0 Å². The molecule has 1 aromatic rings. The van der Waals surface area contributed by atoms with Crippen molar-refractivity contribution in [3.63, 3.8) is 0 Å². The summed E-state index contributed by atoms with van der Waals surface area (Å²) < 4.78 is 1.09. The molecule has 13 heavy (non-hydrogen) atoms. The Kier molecular flexibility index (Phi) is 3.71. The van der Waals surface area contributed by atoms with Crippen LogP contribution in [0.2, 0.25) is 0 Å². The normalized spacial score (nSPS) is 10.0. The lowest BCUT2D eigenvalue weighted by atomic mass is 10.0. The van der Waals surface area contributed by atoms with Gasteiger partial charge in [0.05, 0.1) is 5.56 Å². The molecule has 0 atom stereocenters. The molecule has 0 amide bonds. The van der Waals surface area contributed by atoms with Gasteiger partial charge in [-0.2, -0.15) is 0 Å². The lowest BCUT2D eigenvalue weighted by Gasteiger charge is -2.04. The van der Waals surface area contributed by atoms with Crippen LogP contribution >= 0.6 is 22.6 Å². The van der Waals surface area contributed by atoms with E-state index >= 15 is 0 Å². The summed E-state index contributed by atoms with van der Waals surface area (Å²) in [6.07, 6.45) is 1.80. The molecule has 0 saturated heterocycles. The highest BCUT2D eigenvalue weighted by Crippen LogP contribution is 2.15. The molecule has 0 radical (unpaired) electrons. The van der Waals surface area contributed by atoms with Gasteiger partial charge in [0.2, 0.25) is 0 Å². The first-order valence-electron chi connectivity index (χ1n) is 4.17. The number of hydrogen-bond donors (Lipinski definition) is 1. The maximum absolute atomic E-state index is 10.8. The summed E-state index contributed by atoms with van der Waals surface area (Å²) in [5.74, 6) is -0.833. The Hall–Kier alpha value is -0.580. The number of carbonyl (C=O) groups is 1. The Labute approximate surface area is 91.1 Å². The van der Waals surface area contributed by atoms with Gasteiger partial charge in [0.1, 0.15) is 0 Å². The van der Waals surface area contributed by atoms with E-state index in [9.17, 15) is 4.79 Å². The average molecular weight is 290 g/mol. The summed E-state index contributed by atoms with van der Waals surface area (Å²) in [5.41, 5.74) is 1.36. The number of carboxylic acids is 1. The predicted octanol–water partition coefficient (Wildman–Crippen LogP) is 2.94. The molecule has 1 rings (SSSR count). The Morgan fingerprint density at radius 2 is 2.23 bits per heavy atom. The quantitative estimate of drug-likeness (QED) is 0.869. The molecule has 2 nitrogen and oxygen atoms in total. The maximum atomic E-state index is 10.8. The molecule has 0 aromatic heterocycles. The minimum absolute atomic E-state index is 0.433. The summed E-state index contributed by atoms with van der Waals surface area (Å²) in [7, 11) is 0. The molecule has 0 heterocycles. The van der Waals surface area contributed by atoms with Gasteiger partial charge in [-0.1, -0.05) is 13.3 Å². The zero-order valence-corrected chi connectivity index (χ0v) is 9.54. The zero-order chi connectivity index (χ0) is 9.84. The van der Waals surface area contributed by atoms with Crippen molar-refractivity contribution in [3.8, 4) is 0 Å². The van der Waals surface area contributed by atoms with Crippen molar-refractivity contribution < 1.29 is 9.90 Å². The van der Waals surface area contributed by atoms with Gasteiger partial charge in [-0.25, -0.2) is 4.79 Å². The van der Waals surface area contributed by atoms with Crippen molar-refractivity contribution in [2.75, 3.05) is 0 Å². The summed E-state index contributed by atoms with van der Waals surface area (Å²) in [5, 5.41) is 8.88. The van der Waals surface area contributed by atoms with Crippen molar-refractivity contribution >= 4 is 28.6 Å². The van der Waals surface area contributed by atoms with Crippen molar-refractivity contribution in [2.45, 2.75) is 19.8 Å². The molecule has 0 fully saturated rings. The van der Waals surface area contributed by atoms with Gasteiger partial charge >= 0.3 is 5.97 Å². The molecule has 0 bridgehead atoms. The molecule has 0 unspecified atom stereocenters. The van der Waals surface area contributed by atoms with E-state index in [1.807, 2.05) is 19.1 Å². The zero-order valence-electron chi connectivity index (χ0n) is 7.38. The van der Waals surface area contributed by atoms with Gasteiger partial charge in [-0.15, -0.1) is 0 Å². The van der Waals surface area contributed by atoms with E-state index in [2.05, 4.69) is 22.6 Å². The highest BCUT2D eigenvalue weighted by atomic mass is 127. The van der Waals surface area contributed by atoms with Crippen LogP contribution in [0.4, 0.5) is 0 Å². The molecule has 1 N–H and O–H groups in total. The second kappa shape index (κ2) is 4.60. The van der Waals surface area contributed by atoms with Crippen molar-refractivity contribution in [1.82, 2.24) is 0 Å². The van der Waals surface area contributed by atoms with Crippen LogP contribution in [-0.4, -0.2) is 11.1 Å². The van der Waals surface area contributed by atoms with Crippen LogP contribution in [0.1, 0.15) is 29.3 Å². The molecule has 1 aromatic carbocycles. The number of aryl methyl sites for hydroxylation is 1. The molecule has 70 valence electrons. The van der Waals surface area contributed by atoms with E-state index in [1.54, 1.807) is 6.07 Å². The first kappa shape index (κ1) is 10.5. The average Bonchev–Trinajstić information content (AvgIpc) is 2.04. The Morgan fingerprint density at radius 3 is 2.77 bits per heavy atom. The number of aromatic carboxylic acids is 1. The molecule has 0 saturated carbocycles. The minimum atomic E-state index is -0.833. The van der Waals surface area contributed by atoms with Crippen LogP contribution in [-0.2, 0) is 6.42 Å². The fourth-order valence-corrected chi connectivity index (χ4v) is 1.80. The SMILES string of the molecule is CCCc1cc(I)ccc1C(=O)O. The third-order valence-electron chi connectivity index (χ3n) is 1.82. The predicted molar refractivity (Wildman–Crippen MR) is 60.1 cm³/mol. The Bertz CT molecular complexity index is 321. The fraction of sp³-hybridized carbons (Fsp3) is 0.300. The van der Waals surface area contributed by atoms with Crippen molar-refractivity contribution in [1.29, 1.82) is 0 Å². The lowest BCUT2D eigenvalue weighted by molar-refractivity contribution is 0.0695. The molecule has 3 heteroatoms. The van der Waals surface area contributed by atoms with Crippen LogP contribution < -0.4 is 0 Å². The van der Waals surface area contributed by atoms with E-state index in [0.717, 1.165) is 22.0 Å². The summed E-state index contributed by atoms with van der Waals surface area (Å²) in [4.78, 5) is 10.8. The fourth-order valence-electron chi connectivity index (χ4n) is 1.25. The molecular formula is C10H11IO2. The number of halogens is 1. The Balaban J connectivity index is 3.10. The largest absolute Gasteiger partial charge is 0.478 e. The van der Waals surface area contributed by atoms with Crippen LogP contribution in [0.15, 0.2) is 18.2 Å². The van der Waals surface area contributed by atoms with E-state index in [0.29, 0.717) is 5.56 Å². The van der Waals surface area contributed by atoms with E-state index in [-0.39, 0.29) is 0 Å². The highest BCUT2D eigenvalue weighted by Gasteiger charge is 2.08. The van der Waals surface area contributed by atoms with Crippen molar-refractivity contribution in [3.05, 3.63) is 32.9 Å². The van der Waals surface area contributed by atoms with Crippen LogP contribution in [0.3, 0.4) is 0 Å². The first-order valence-corrected chi connectivity index (χ1v) is 5.24. The van der Waals surface area contributed by atoms with E-state index < -0.39 is 5.97 Å². The van der Waals surface area contributed by atoms with Crippen LogP contribution in [0.5, 0.6) is 0 Å². The number of benzene rings is 1. The number of carboxylic acid groups (broad SMARTS) is 1. The van der Waals surface area contributed by atoms with Gasteiger partial charge < -0.3 is 5.11 Å². The van der Waals surface area contributed by atoms with Gasteiger partial charge in [-0.3, -0.25) is 0 Å². The van der Waals surface area contributed by atoms with E-state index in [1.165, 1.54) is 0 Å². The lowest BCUT2D eigenvalue weighted by Crippen LogP contribution is -2.02. The number of hydrogen-bond acceptors (Lipinski definition) is 1. The molecule has 0 spiro atoms. The Morgan fingerprint density at radius 1 is 1.54 bits per heavy atom. The van der Waals surface area contributed by atoms with Gasteiger partial charge in [0.25, 0.3) is 0 Å². The summed E-state index contributed by atoms with van der Waals surface area (Å²) >= 11 is 2.19. The molecular weight excluding hydrogens is 279 g/mol. The minimum Gasteiger partial charge on any atom is -0.478 e. The van der Waals surface area contributed by atoms with Gasteiger partial charge in [0, 0.05) is 3.57 Å². The van der Waals surface area contributed by atoms with Crippen LogP contribution in [0, 0.1) is 3.57 Å². The second-order valence-electron chi connectivity index (χ2n) is 2.86. The second-order valence-corrected chi connectivity index (χ2v) is 4.10. The third kappa shape index (κ3) is 2.69. The third-order valence-corrected chi connectivity index (χ3v) is 2.49. The molecule has 0 aliphatic heterocycles. The highest BCUT2D eigenvalue weighted by molar-refractivity contribution is 14.1. The summed E-state index contributed by atoms with van der Waals surface area (Å²) in [6.45, 7) is 2.05. The number of rotatable bonds is 3. The standard InChI is InChI=1S/C10H11IO2/c1-2-3-7-6-8(11)4-5-9(7)10(12)13/h4-6H,2-3H2,1H3,(H,12,13). The monoisotopic (exact) mass is 290 g/mol. The smallest absolute Gasteiger partial charge is 0.335 e. The molecule has 0 aliphatic rings. The van der Waals surface area contributed by atoms with E-state index in [4.69, 9.17) is 5.11 Å². The summed E-state index contributed by atoms with van der Waals surface area (Å²) in [6, 6.07) is 5.44. The maximum Gasteiger partial charge on any atom is 0.335 e. The topological polar surface area (TPSA) is 37.3 Å². The first-order chi connectivity index (χ1) is 6.15.